The van der Waals surface area contributed by atoms with Crippen molar-refractivity contribution in [1.29, 1.82) is 0 Å². The summed E-state index contributed by atoms with van der Waals surface area (Å²) in [4.78, 5) is 23.7. The molecular weight excluding hydrogens is 294 g/mol. The molecule has 0 aromatic rings. The Hall–Kier alpha value is -1.30. The molecule has 0 heterocycles. The third-order valence-electron chi connectivity index (χ3n) is 5.71. The van der Waals surface area contributed by atoms with Crippen molar-refractivity contribution in [3.63, 3.8) is 0 Å². The molecule has 6 heteroatoms. The summed E-state index contributed by atoms with van der Waals surface area (Å²) in [6, 6.07) is -0.130. The fourth-order valence-electron chi connectivity index (χ4n) is 5.23. The van der Waals surface area contributed by atoms with Gasteiger partial charge in [0.2, 0.25) is 5.91 Å². The van der Waals surface area contributed by atoms with Crippen molar-refractivity contribution in [2.75, 3.05) is 19.7 Å². The maximum absolute atomic E-state index is 12.2. The zero-order valence-electron chi connectivity index (χ0n) is 13.8. The van der Waals surface area contributed by atoms with Crippen molar-refractivity contribution < 1.29 is 14.7 Å². The van der Waals surface area contributed by atoms with E-state index in [1.165, 1.54) is 19.3 Å². The van der Waals surface area contributed by atoms with E-state index >= 15 is 0 Å². The van der Waals surface area contributed by atoms with Gasteiger partial charge < -0.3 is 21.1 Å². The second kappa shape index (κ2) is 7.07. The molecule has 4 N–H and O–H groups in total. The highest BCUT2D eigenvalue weighted by Gasteiger charge is 2.51. The summed E-state index contributed by atoms with van der Waals surface area (Å²) in [5.41, 5.74) is 0.0161. The van der Waals surface area contributed by atoms with Gasteiger partial charge in [-0.05, 0) is 62.7 Å². The fraction of sp³-hybridized carbons (Fsp3) is 0.882. The van der Waals surface area contributed by atoms with Crippen LogP contribution >= 0.6 is 0 Å². The van der Waals surface area contributed by atoms with Crippen LogP contribution in [0.1, 0.15) is 51.4 Å². The smallest absolute Gasteiger partial charge is 0.315 e. The molecule has 4 aliphatic rings. The van der Waals surface area contributed by atoms with Gasteiger partial charge in [0.25, 0.3) is 0 Å². The molecule has 0 radical (unpaired) electrons. The number of carbonyl (C=O) groups is 2. The molecule has 0 aromatic heterocycles. The number of urea groups is 1. The van der Waals surface area contributed by atoms with E-state index in [2.05, 4.69) is 16.0 Å². The molecule has 4 saturated carbocycles. The molecule has 130 valence electrons. The van der Waals surface area contributed by atoms with Gasteiger partial charge in [-0.1, -0.05) is 0 Å². The average molecular weight is 323 g/mol. The van der Waals surface area contributed by atoms with Crippen LogP contribution in [0.3, 0.4) is 0 Å². The molecular formula is C17H29N3O3. The highest BCUT2D eigenvalue weighted by Crippen LogP contribution is 2.55. The Morgan fingerprint density at radius 1 is 0.957 bits per heavy atom. The average Bonchev–Trinajstić information content (AvgIpc) is 2.45. The number of rotatable bonds is 7. The Morgan fingerprint density at radius 2 is 1.57 bits per heavy atom. The van der Waals surface area contributed by atoms with Gasteiger partial charge in [-0.3, -0.25) is 4.79 Å². The first-order valence-corrected chi connectivity index (χ1v) is 9.02. The molecule has 0 aromatic carbocycles. The summed E-state index contributed by atoms with van der Waals surface area (Å²) < 4.78 is 0. The van der Waals surface area contributed by atoms with Crippen LogP contribution in [0.25, 0.3) is 0 Å². The van der Waals surface area contributed by atoms with E-state index in [9.17, 15) is 9.59 Å². The predicted octanol–water partition coefficient (Wildman–Crippen LogP) is 1.14. The van der Waals surface area contributed by atoms with Gasteiger partial charge in [0.15, 0.2) is 0 Å². The number of nitrogens with one attached hydrogen (secondary N) is 3. The van der Waals surface area contributed by atoms with Crippen molar-refractivity contribution in [2.24, 2.45) is 17.8 Å². The van der Waals surface area contributed by atoms with E-state index in [1.54, 1.807) is 0 Å². The summed E-state index contributed by atoms with van der Waals surface area (Å²) in [7, 11) is 0. The second-order valence-corrected chi connectivity index (χ2v) is 7.76. The lowest BCUT2D eigenvalue weighted by Gasteiger charge is -2.56. The molecule has 3 amide bonds. The minimum atomic E-state index is -0.130. The highest BCUT2D eigenvalue weighted by molar-refractivity contribution is 5.78. The van der Waals surface area contributed by atoms with Gasteiger partial charge in [-0.15, -0.1) is 0 Å². The molecule has 23 heavy (non-hydrogen) atoms. The van der Waals surface area contributed by atoms with E-state index < -0.39 is 0 Å². The molecule has 0 atom stereocenters. The lowest BCUT2D eigenvalue weighted by Crippen LogP contribution is -2.61. The molecule has 0 spiro atoms. The van der Waals surface area contributed by atoms with Crippen LogP contribution in [-0.2, 0) is 4.79 Å². The number of hydrogen-bond donors (Lipinski definition) is 4. The van der Waals surface area contributed by atoms with E-state index in [0.29, 0.717) is 19.5 Å². The summed E-state index contributed by atoms with van der Waals surface area (Å²) in [5.74, 6) is 2.32. The summed E-state index contributed by atoms with van der Waals surface area (Å²) in [5, 5.41) is 17.4. The Kier molecular flexibility index (Phi) is 5.09. The van der Waals surface area contributed by atoms with Gasteiger partial charge in [0, 0.05) is 31.7 Å². The zero-order valence-corrected chi connectivity index (χ0v) is 13.8. The maximum atomic E-state index is 12.2. The lowest BCUT2D eigenvalue weighted by molar-refractivity contribution is -0.120. The minimum absolute atomic E-state index is 0.0161. The van der Waals surface area contributed by atoms with Crippen molar-refractivity contribution in [3.05, 3.63) is 0 Å². The molecule has 0 saturated heterocycles. The van der Waals surface area contributed by atoms with Crippen molar-refractivity contribution >= 4 is 11.9 Å². The zero-order chi connectivity index (χ0) is 16.3. The molecule has 4 fully saturated rings. The summed E-state index contributed by atoms with van der Waals surface area (Å²) >= 11 is 0. The van der Waals surface area contributed by atoms with Gasteiger partial charge in [0.1, 0.15) is 0 Å². The van der Waals surface area contributed by atoms with Gasteiger partial charge in [-0.2, -0.15) is 0 Å². The normalized spacial score (nSPS) is 34.2. The van der Waals surface area contributed by atoms with E-state index in [1.807, 2.05) is 0 Å². The Morgan fingerprint density at radius 3 is 2.13 bits per heavy atom. The van der Waals surface area contributed by atoms with E-state index in [0.717, 1.165) is 37.0 Å². The Balaban J connectivity index is 1.37. The van der Waals surface area contributed by atoms with Gasteiger partial charge in [0.05, 0.1) is 0 Å². The fourth-order valence-corrected chi connectivity index (χ4v) is 5.23. The summed E-state index contributed by atoms with van der Waals surface area (Å²) in [6.45, 7) is 0.907. The highest BCUT2D eigenvalue weighted by atomic mass is 16.3. The van der Waals surface area contributed by atoms with Crippen molar-refractivity contribution in [1.82, 2.24) is 16.0 Å². The molecule has 4 aliphatic carbocycles. The summed E-state index contributed by atoms with van der Waals surface area (Å²) in [6.07, 6.45) is 8.31. The van der Waals surface area contributed by atoms with Crippen LogP contribution in [0.15, 0.2) is 0 Å². The molecule has 4 bridgehead atoms. The number of hydrogen-bond acceptors (Lipinski definition) is 3. The quantitative estimate of drug-likeness (QED) is 0.530. The topological polar surface area (TPSA) is 90.5 Å². The molecule has 4 rings (SSSR count). The van der Waals surface area contributed by atoms with Gasteiger partial charge in [-0.25, -0.2) is 4.79 Å². The van der Waals surface area contributed by atoms with Crippen molar-refractivity contribution in [3.8, 4) is 0 Å². The van der Waals surface area contributed by atoms with Crippen LogP contribution in [0.4, 0.5) is 4.79 Å². The first kappa shape index (κ1) is 16.6. The first-order chi connectivity index (χ1) is 11.1. The Labute approximate surface area is 137 Å². The molecule has 0 aliphatic heterocycles. The predicted molar refractivity (Wildman–Crippen MR) is 86.8 cm³/mol. The number of aliphatic hydroxyl groups excluding tert-OH is 1. The van der Waals surface area contributed by atoms with Crippen LogP contribution in [-0.4, -0.2) is 42.3 Å². The first-order valence-electron chi connectivity index (χ1n) is 9.02. The standard InChI is InChI=1S/C17H29N3O3/c21-5-1-3-18-15(22)2-4-19-16(23)20-17-9-12-6-13(10-17)8-14(7-12)11-17/h12-14,21H,1-11H2,(H,18,22)(H2,19,20,23). The molecule has 6 nitrogen and oxygen atoms in total. The second-order valence-electron chi connectivity index (χ2n) is 7.76. The largest absolute Gasteiger partial charge is 0.396 e. The Bertz CT molecular complexity index is 417. The molecule has 0 unspecified atom stereocenters. The maximum Gasteiger partial charge on any atom is 0.315 e. The monoisotopic (exact) mass is 323 g/mol. The van der Waals surface area contributed by atoms with E-state index in [4.69, 9.17) is 5.11 Å². The van der Waals surface area contributed by atoms with E-state index in [-0.39, 0.29) is 30.5 Å². The number of amides is 3. The van der Waals surface area contributed by atoms with Crippen LogP contribution < -0.4 is 16.0 Å². The third kappa shape index (κ3) is 4.16. The van der Waals surface area contributed by atoms with Crippen molar-refractivity contribution in [2.45, 2.75) is 56.9 Å². The third-order valence-corrected chi connectivity index (χ3v) is 5.71. The van der Waals surface area contributed by atoms with Gasteiger partial charge >= 0.3 is 6.03 Å². The van der Waals surface area contributed by atoms with Crippen LogP contribution in [0.2, 0.25) is 0 Å². The number of carbonyl (C=O) groups excluding carboxylic acids is 2. The van der Waals surface area contributed by atoms with Crippen LogP contribution in [0.5, 0.6) is 0 Å². The minimum Gasteiger partial charge on any atom is -0.396 e. The van der Waals surface area contributed by atoms with Crippen LogP contribution in [0, 0.1) is 17.8 Å². The SMILES string of the molecule is O=C(CCNC(=O)NC12CC3CC(CC(C3)C1)C2)NCCCO. The lowest BCUT2D eigenvalue weighted by atomic mass is 9.53. The number of aliphatic hydroxyl groups is 1.